The number of aliphatic hydroxyl groups is 1. The zero-order chi connectivity index (χ0) is 13.2. The summed E-state index contributed by atoms with van der Waals surface area (Å²) in [7, 11) is 1.90. The van der Waals surface area contributed by atoms with E-state index in [0.717, 1.165) is 30.0 Å². The van der Waals surface area contributed by atoms with Gasteiger partial charge in [-0.25, -0.2) is 0 Å². The maximum absolute atomic E-state index is 8.77. The van der Waals surface area contributed by atoms with Gasteiger partial charge in [-0.2, -0.15) is 0 Å². The largest absolute Gasteiger partial charge is 0.493 e. The molecule has 4 heteroatoms. The molecule has 4 nitrogen and oxygen atoms in total. The minimum absolute atomic E-state index is 0.146. The Hall–Kier alpha value is -1.26. The average Bonchev–Trinajstić information content (AvgIpc) is 2.39. The van der Waals surface area contributed by atoms with E-state index in [1.807, 2.05) is 25.2 Å². The zero-order valence-electron chi connectivity index (χ0n) is 11.2. The monoisotopic (exact) mass is 253 g/mol. The quantitative estimate of drug-likeness (QED) is 0.661. The Morgan fingerprint density at radius 1 is 1.22 bits per heavy atom. The lowest BCUT2D eigenvalue weighted by Crippen LogP contribution is -2.09. The van der Waals surface area contributed by atoms with Gasteiger partial charge in [-0.3, -0.25) is 0 Å². The summed E-state index contributed by atoms with van der Waals surface area (Å²) >= 11 is 0. The lowest BCUT2D eigenvalue weighted by molar-refractivity contribution is 0.231. The van der Waals surface area contributed by atoms with E-state index >= 15 is 0 Å². The van der Waals surface area contributed by atoms with Gasteiger partial charge in [-0.05, 0) is 19.5 Å². The third kappa shape index (κ3) is 4.94. The molecule has 0 saturated carbocycles. The second-order valence-corrected chi connectivity index (χ2v) is 4.07. The summed E-state index contributed by atoms with van der Waals surface area (Å²) in [6.45, 7) is 4.20. The van der Waals surface area contributed by atoms with Gasteiger partial charge in [0.25, 0.3) is 0 Å². The molecule has 0 aliphatic rings. The number of rotatable bonds is 9. The number of hydrogen-bond acceptors (Lipinski definition) is 4. The topological polar surface area (TPSA) is 50.7 Å². The van der Waals surface area contributed by atoms with Crippen LogP contribution in [-0.4, -0.2) is 32.0 Å². The Kier molecular flexibility index (Phi) is 7.22. The average molecular weight is 253 g/mol. The highest BCUT2D eigenvalue weighted by atomic mass is 16.5. The Morgan fingerprint density at radius 2 is 2.06 bits per heavy atom. The van der Waals surface area contributed by atoms with Gasteiger partial charge in [0.05, 0.1) is 13.2 Å². The molecule has 0 saturated heterocycles. The minimum atomic E-state index is 0.146. The highest BCUT2D eigenvalue weighted by molar-refractivity contribution is 5.40. The summed E-state index contributed by atoms with van der Waals surface area (Å²) in [6.07, 6.45) is 1.62. The van der Waals surface area contributed by atoms with E-state index in [1.54, 1.807) is 0 Å². The van der Waals surface area contributed by atoms with E-state index < -0.39 is 0 Å². The SMILES string of the molecule is CCCOc1ccc(CNC)c(OCCCO)c1. The van der Waals surface area contributed by atoms with Crippen molar-refractivity contribution in [3.05, 3.63) is 23.8 Å². The Morgan fingerprint density at radius 3 is 2.72 bits per heavy atom. The molecule has 18 heavy (non-hydrogen) atoms. The predicted molar refractivity (Wildman–Crippen MR) is 72.2 cm³/mol. The van der Waals surface area contributed by atoms with Crippen molar-refractivity contribution in [1.82, 2.24) is 5.32 Å². The van der Waals surface area contributed by atoms with Gasteiger partial charge in [-0.1, -0.05) is 13.0 Å². The molecular weight excluding hydrogens is 230 g/mol. The fourth-order valence-electron chi connectivity index (χ4n) is 1.56. The van der Waals surface area contributed by atoms with Crippen molar-refractivity contribution < 1.29 is 14.6 Å². The first-order chi connectivity index (χ1) is 8.81. The van der Waals surface area contributed by atoms with Gasteiger partial charge in [0.1, 0.15) is 11.5 Å². The predicted octanol–water partition coefficient (Wildman–Crippen LogP) is 1.96. The Balaban J connectivity index is 2.71. The van der Waals surface area contributed by atoms with Crippen LogP contribution in [0.4, 0.5) is 0 Å². The van der Waals surface area contributed by atoms with E-state index in [4.69, 9.17) is 14.6 Å². The second kappa shape index (κ2) is 8.78. The van der Waals surface area contributed by atoms with Crippen LogP contribution in [0.3, 0.4) is 0 Å². The van der Waals surface area contributed by atoms with Crippen LogP contribution >= 0.6 is 0 Å². The molecule has 1 aromatic rings. The smallest absolute Gasteiger partial charge is 0.127 e. The standard InChI is InChI=1S/C14H23NO3/c1-3-8-17-13-6-5-12(11-15-2)14(10-13)18-9-4-7-16/h5-6,10,15-16H,3-4,7-9,11H2,1-2H3. The summed E-state index contributed by atoms with van der Waals surface area (Å²) < 4.78 is 11.3. The second-order valence-electron chi connectivity index (χ2n) is 4.07. The molecule has 0 aromatic heterocycles. The molecule has 0 radical (unpaired) electrons. The van der Waals surface area contributed by atoms with Gasteiger partial charge in [0.15, 0.2) is 0 Å². The van der Waals surface area contributed by atoms with E-state index in [1.165, 1.54) is 0 Å². The fraction of sp³-hybridized carbons (Fsp3) is 0.571. The molecule has 0 aliphatic heterocycles. The molecule has 1 aromatic carbocycles. The number of hydrogen-bond donors (Lipinski definition) is 2. The number of aliphatic hydroxyl groups excluding tert-OH is 1. The van der Waals surface area contributed by atoms with Crippen LogP contribution in [-0.2, 0) is 6.54 Å². The summed E-state index contributed by atoms with van der Waals surface area (Å²) in [5.74, 6) is 1.65. The molecule has 2 N–H and O–H groups in total. The lowest BCUT2D eigenvalue weighted by Gasteiger charge is -2.13. The van der Waals surface area contributed by atoms with Crippen LogP contribution in [0.15, 0.2) is 18.2 Å². The minimum Gasteiger partial charge on any atom is -0.493 e. The number of nitrogens with one attached hydrogen (secondary N) is 1. The van der Waals surface area contributed by atoms with E-state index in [-0.39, 0.29) is 6.61 Å². The molecule has 0 heterocycles. The molecule has 102 valence electrons. The molecule has 1 rings (SSSR count). The number of ether oxygens (including phenoxy) is 2. The molecule has 0 amide bonds. The maximum Gasteiger partial charge on any atom is 0.127 e. The molecule has 0 unspecified atom stereocenters. The molecule has 0 fully saturated rings. The summed E-state index contributed by atoms with van der Waals surface area (Å²) in [4.78, 5) is 0. The van der Waals surface area contributed by atoms with Gasteiger partial charge in [0.2, 0.25) is 0 Å². The lowest BCUT2D eigenvalue weighted by atomic mass is 10.2. The molecule has 0 aliphatic carbocycles. The third-order valence-corrected chi connectivity index (χ3v) is 2.44. The van der Waals surface area contributed by atoms with E-state index in [9.17, 15) is 0 Å². The first-order valence-electron chi connectivity index (χ1n) is 6.45. The van der Waals surface area contributed by atoms with Crippen molar-refractivity contribution in [3.63, 3.8) is 0 Å². The van der Waals surface area contributed by atoms with Gasteiger partial charge in [-0.15, -0.1) is 0 Å². The normalized spacial score (nSPS) is 10.4. The summed E-state index contributed by atoms with van der Waals surface area (Å²) in [5.41, 5.74) is 1.10. The highest BCUT2D eigenvalue weighted by Gasteiger charge is 2.05. The Labute approximate surface area is 109 Å². The molecule has 0 spiro atoms. The van der Waals surface area contributed by atoms with Crippen LogP contribution in [0.25, 0.3) is 0 Å². The van der Waals surface area contributed by atoms with Gasteiger partial charge >= 0.3 is 0 Å². The third-order valence-electron chi connectivity index (χ3n) is 2.44. The van der Waals surface area contributed by atoms with Crippen LogP contribution in [0.5, 0.6) is 11.5 Å². The van der Waals surface area contributed by atoms with Crippen molar-refractivity contribution in [2.45, 2.75) is 26.3 Å². The molecular formula is C14H23NO3. The zero-order valence-corrected chi connectivity index (χ0v) is 11.2. The Bertz CT molecular complexity index is 342. The van der Waals surface area contributed by atoms with Crippen molar-refractivity contribution in [1.29, 1.82) is 0 Å². The maximum atomic E-state index is 8.77. The van der Waals surface area contributed by atoms with Crippen LogP contribution in [0, 0.1) is 0 Å². The van der Waals surface area contributed by atoms with Gasteiger partial charge in [0, 0.05) is 31.2 Å². The van der Waals surface area contributed by atoms with Crippen LogP contribution < -0.4 is 14.8 Å². The number of benzene rings is 1. The van der Waals surface area contributed by atoms with Crippen molar-refractivity contribution in [2.24, 2.45) is 0 Å². The molecule has 0 atom stereocenters. The first kappa shape index (κ1) is 14.8. The van der Waals surface area contributed by atoms with Crippen molar-refractivity contribution in [2.75, 3.05) is 26.9 Å². The van der Waals surface area contributed by atoms with Crippen molar-refractivity contribution in [3.8, 4) is 11.5 Å². The molecule has 0 bridgehead atoms. The van der Waals surface area contributed by atoms with E-state index in [0.29, 0.717) is 19.6 Å². The highest BCUT2D eigenvalue weighted by Crippen LogP contribution is 2.25. The van der Waals surface area contributed by atoms with Crippen molar-refractivity contribution >= 4 is 0 Å². The first-order valence-corrected chi connectivity index (χ1v) is 6.45. The van der Waals surface area contributed by atoms with Gasteiger partial charge < -0.3 is 19.9 Å². The van der Waals surface area contributed by atoms with Crippen LogP contribution in [0.2, 0.25) is 0 Å². The summed E-state index contributed by atoms with van der Waals surface area (Å²) in [6, 6.07) is 5.89. The summed E-state index contributed by atoms with van der Waals surface area (Å²) in [5, 5.41) is 11.9. The van der Waals surface area contributed by atoms with Crippen LogP contribution in [0.1, 0.15) is 25.3 Å². The van der Waals surface area contributed by atoms with E-state index in [2.05, 4.69) is 12.2 Å². The fourth-order valence-corrected chi connectivity index (χ4v) is 1.56.